The van der Waals surface area contributed by atoms with Crippen LogP contribution in [0.15, 0.2) is 21.3 Å². The number of hydrogen-bond donors (Lipinski definition) is 0. The van der Waals surface area contributed by atoms with Crippen molar-refractivity contribution in [2.24, 2.45) is 0 Å². The highest BCUT2D eigenvalue weighted by atomic mass is 16.6. The Bertz CT molecular complexity index is 788. The Balaban J connectivity index is 2.47. The number of carbonyl (C=O) groups is 1. The van der Waals surface area contributed by atoms with Crippen LogP contribution in [0.5, 0.6) is 5.75 Å². The first kappa shape index (κ1) is 17.1. The summed E-state index contributed by atoms with van der Waals surface area (Å²) in [5, 5.41) is 0.871. The summed E-state index contributed by atoms with van der Waals surface area (Å²) in [6.07, 6.45) is -0.183. The molecule has 0 aliphatic rings. The van der Waals surface area contributed by atoms with Crippen LogP contribution in [0.3, 0.4) is 0 Å². The second-order valence-corrected chi connectivity index (χ2v) is 5.47. The molecule has 0 aliphatic carbocycles. The fourth-order valence-electron chi connectivity index (χ4n) is 2.44. The zero-order chi connectivity index (χ0) is 17.1. The Labute approximate surface area is 135 Å². The maximum Gasteiger partial charge on any atom is 0.347 e. The van der Waals surface area contributed by atoms with E-state index >= 15 is 0 Å². The van der Waals surface area contributed by atoms with E-state index in [-0.39, 0.29) is 5.63 Å². The van der Waals surface area contributed by atoms with E-state index in [4.69, 9.17) is 13.9 Å². The standard InChI is InChI=1S/C18H22O5/c1-6-14(18(20)21-7-2)22-15-9-8-13-10(3)11(4)17(19)23-16(13)12(15)5/h8-9,14H,6-7H2,1-5H3. The van der Waals surface area contributed by atoms with E-state index in [1.807, 2.05) is 26.8 Å². The molecule has 124 valence electrons. The monoisotopic (exact) mass is 318 g/mol. The molecule has 0 amide bonds. The van der Waals surface area contributed by atoms with Gasteiger partial charge < -0.3 is 13.9 Å². The Morgan fingerprint density at radius 3 is 2.43 bits per heavy atom. The highest BCUT2D eigenvalue weighted by Gasteiger charge is 2.21. The molecule has 0 N–H and O–H groups in total. The van der Waals surface area contributed by atoms with Crippen molar-refractivity contribution in [3.63, 3.8) is 0 Å². The topological polar surface area (TPSA) is 65.7 Å². The largest absolute Gasteiger partial charge is 0.478 e. The lowest BCUT2D eigenvalue weighted by Gasteiger charge is -2.18. The van der Waals surface area contributed by atoms with Gasteiger partial charge in [0.25, 0.3) is 0 Å². The third-order valence-corrected chi connectivity index (χ3v) is 4.01. The third-order valence-electron chi connectivity index (χ3n) is 4.01. The van der Waals surface area contributed by atoms with E-state index in [1.165, 1.54) is 0 Å². The maximum absolute atomic E-state index is 11.9. The van der Waals surface area contributed by atoms with Crippen LogP contribution < -0.4 is 10.4 Å². The predicted molar refractivity (Wildman–Crippen MR) is 88.0 cm³/mol. The third kappa shape index (κ3) is 3.23. The van der Waals surface area contributed by atoms with Gasteiger partial charge in [-0.3, -0.25) is 0 Å². The van der Waals surface area contributed by atoms with Crippen molar-refractivity contribution in [2.45, 2.75) is 47.1 Å². The van der Waals surface area contributed by atoms with E-state index in [0.29, 0.717) is 35.5 Å². The van der Waals surface area contributed by atoms with Gasteiger partial charge in [-0.25, -0.2) is 9.59 Å². The summed E-state index contributed by atoms with van der Waals surface area (Å²) in [5.41, 5.74) is 2.33. The number of hydrogen-bond acceptors (Lipinski definition) is 5. The number of ether oxygens (including phenoxy) is 2. The molecule has 0 saturated heterocycles. The van der Waals surface area contributed by atoms with Gasteiger partial charge in [0.05, 0.1) is 6.61 Å². The van der Waals surface area contributed by atoms with Crippen LogP contribution in [0.25, 0.3) is 11.0 Å². The van der Waals surface area contributed by atoms with Gasteiger partial charge in [-0.1, -0.05) is 6.92 Å². The van der Waals surface area contributed by atoms with Crippen molar-refractivity contribution in [1.82, 2.24) is 0 Å². The van der Waals surface area contributed by atoms with Gasteiger partial charge in [0, 0.05) is 16.5 Å². The molecule has 5 heteroatoms. The molecule has 1 unspecified atom stereocenters. The normalized spacial score (nSPS) is 12.2. The minimum absolute atomic E-state index is 0.308. The van der Waals surface area contributed by atoms with Crippen LogP contribution >= 0.6 is 0 Å². The summed E-state index contributed by atoms with van der Waals surface area (Å²) in [5.74, 6) is 0.125. The van der Waals surface area contributed by atoms with Crippen LogP contribution in [0, 0.1) is 20.8 Å². The van der Waals surface area contributed by atoms with E-state index in [9.17, 15) is 9.59 Å². The SMILES string of the molecule is CCOC(=O)C(CC)Oc1ccc2c(C)c(C)c(=O)oc2c1C. The second kappa shape index (κ2) is 6.86. The van der Waals surface area contributed by atoms with E-state index in [1.54, 1.807) is 19.9 Å². The number of esters is 1. The van der Waals surface area contributed by atoms with Gasteiger partial charge in [-0.05, 0) is 51.8 Å². The summed E-state index contributed by atoms with van der Waals surface area (Å²) in [6.45, 7) is 9.36. The molecule has 2 rings (SSSR count). The molecule has 0 saturated carbocycles. The Morgan fingerprint density at radius 1 is 1.13 bits per heavy atom. The molecule has 2 aromatic rings. The van der Waals surface area contributed by atoms with Crippen molar-refractivity contribution in [3.8, 4) is 5.75 Å². The van der Waals surface area contributed by atoms with Gasteiger partial charge in [-0.2, -0.15) is 0 Å². The molecule has 0 radical (unpaired) electrons. The van der Waals surface area contributed by atoms with Gasteiger partial charge in [0.15, 0.2) is 6.10 Å². The van der Waals surface area contributed by atoms with Crippen molar-refractivity contribution < 1.29 is 18.7 Å². The molecular weight excluding hydrogens is 296 g/mol. The Morgan fingerprint density at radius 2 is 1.83 bits per heavy atom. The van der Waals surface area contributed by atoms with Crippen LogP contribution in [0.4, 0.5) is 0 Å². The van der Waals surface area contributed by atoms with Crippen molar-refractivity contribution in [2.75, 3.05) is 6.61 Å². The quantitative estimate of drug-likeness (QED) is 0.624. The first-order valence-corrected chi connectivity index (χ1v) is 7.77. The smallest absolute Gasteiger partial charge is 0.347 e. The van der Waals surface area contributed by atoms with Crippen LogP contribution in [-0.2, 0) is 9.53 Å². The first-order chi connectivity index (χ1) is 10.9. The minimum Gasteiger partial charge on any atom is -0.478 e. The molecule has 1 heterocycles. The average molecular weight is 318 g/mol. The van der Waals surface area contributed by atoms with Crippen LogP contribution in [0.2, 0.25) is 0 Å². The molecule has 1 atom stereocenters. The molecule has 5 nitrogen and oxygen atoms in total. The van der Waals surface area contributed by atoms with E-state index < -0.39 is 12.1 Å². The molecule has 23 heavy (non-hydrogen) atoms. The minimum atomic E-state index is -0.677. The Hall–Kier alpha value is -2.30. The molecular formula is C18H22O5. The average Bonchev–Trinajstić information content (AvgIpc) is 2.53. The lowest BCUT2D eigenvalue weighted by atomic mass is 10.0. The van der Waals surface area contributed by atoms with Crippen LogP contribution in [-0.4, -0.2) is 18.7 Å². The zero-order valence-corrected chi connectivity index (χ0v) is 14.2. The lowest BCUT2D eigenvalue weighted by Crippen LogP contribution is -2.29. The number of aryl methyl sites for hydroxylation is 2. The number of rotatable bonds is 5. The van der Waals surface area contributed by atoms with Gasteiger partial charge >= 0.3 is 11.6 Å². The molecule has 1 aromatic carbocycles. The second-order valence-electron chi connectivity index (χ2n) is 5.47. The highest BCUT2D eigenvalue weighted by molar-refractivity contribution is 5.85. The van der Waals surface area contributed by atoms with Crippen LogP contribution in [0.1, 0.15) is 37.0 Å². The molecule has 0 aliphatic heterocycles. The van der Waals surface area contributed by atoms with Gasteiger partial charge in [-0.15, -0.1) is 0 Å². The van der Waals surface area contributed by atoms with Gasteiger partial charge in [0.2, 0.25) is 0 Å². The predicted octanol–water partition coefficient (Wildman–Crippen LogP) is 3.44. The van der Waals surface area contributed by atoms with E-state index in [0.717, 1.165) is 10.9 Å². The molecule has 0 bridgehead atoms. The summed E-state index contributed by atoms with van der Waals surface area (Å²) < 4.78 is 16.2. The fraction of sp³-hybridized carbons (Fsp3) is 0.444. The number of carbonyl (C=O) groups excluding carboxylic acids is 1. The van der Waals surface area contributed by atoms with Gasteiger partial charge in [0.1, 0.15) is 11.3 Å². The lowest BCUT2D eigenvalue weighted by molar-refractivity contribution is -0.151. The summed E-state index contributed by atoms with van der Waals surface area (Å²) in [7, 11) is 0. The van der Waals surface area contributed by atoms with E-state index in [2.05, 4.69) is 0 Å². The maximum atomic E-state index is 11.9. The molecule has 0 spiro atoms. The first-order valence-electron chi connectivity index (χ1n) is 7.77. The van der Waals surface area contributed by atoms with Crippen molar-refractivity contribution in [1.29, 1.82) is 0 Å². The number of benzene rings is 1. The Kier molecular flexibility index (Phi) is 5.08. The summed E-state index contributed by atoms with van der Waals surface area (Å²) in [4.78, 5) is 23.8. The molecule has 0 fully saturated rings. The summed E-state index contributed by atoms with van der Waals surface area (Å²) >= 11 is 0. The highest BCUT2D eigenvalue weighted by Crippen LogP contribution is 2.30. The zero-order valence-electron chi connectivity index (χ0n) is 14.2. The summed E-state index contributed by atoms with van der Waals surface area (Å²) in [6, 6.07) is 3.65. The van der Waals surface area contributed by atoms with Crippen molar-refractivity contribution in [3.05, 3.63) is 39.2 Å². The van der Waals surface area contributed by atoms with Crippen molar-refractivity contribution >= 4 is 16.9 Å². The molecule has 1 aromatic heterocycles. The number of fused-ring (bicyclic) bond motifs is 1. The fourth-order valence-corrected chi connectivity index (χ4v) is 2.44.